The highest BCUT2D eigenvalue weighted by Crippen LogP contribution is 2.41. The highest BCUT2D eigenvalue weighted by Gasteiger charge is 2.65. The first-order chi connectivity index (χ1) is 10.7. The van der Waals surface area contributed by atoms with Crippen molar-refractivity contribution in [3.63, 3.8) is 0 Å². The first kappa shape index (κ1) is 18.4. The Morgan fingerprint density at radius 1 is 1.17 bits per heavy atom. The summed E-state index contributed by atoms with van der Waals surface area (Å²) < 4.78 is 53.0. The third-order valence-electron chi connectivity index (χ3n) is 2.61. The molecule has 1 aromatic carbocycles. The number of carboxylic acid groups (broad SMARTS) is 1. The molecule has 1 aromatic heterocycles. The van der Waals surface area contributed by atoms with Gasteiger partial charge in [0.1, 0.15) is 0 Å². The highest BCUT2D eigenvalue weighted by molar-refractivity contribution is 5.77. The Balaban J connectivity index is 0.00000127. The largest absolute Gasteiger partial charge is 0.477 e. The minimum absolute atomic E-state index is 0.251. The van der Waals surface area contributed by atoms with Crippen molar-refractivity contribution in [1.29, 1.82) is 0 Å². The number of hydrogen-bond acceptors (Lipinski definition) is 4. The van der Waals surface area contributed by atoms with Gasteiger partial charge in [0.25, 0.3) is 0 Å². The molecule has 0 radical (unpaired) electrons. The number of nitrogens with zero attached hydrogens (tertiary/aromatic N) is 2. The fraction of sp³-hybridized carbons (Fsp3) is 0.308. The maximum absolute atomic E-state index is 13.5. The summed E-state index contributed by atoms with van der Waals surface area (Å²) in [5.41, 5.74) is 6.09. The van der Waals surface area contributed by atoms with Gasteiger partial charge in [0, 0.05) is 11.3 Å². The summed E-state index contributed by atoms with van der Waals surface area (Å²) in [7, 11) is 0. The minimum Gasteiger partial charge on any atom is -0.477 e. The molecule has 0 fully saturated rings. The Morgan fingerprint density at radius 2 is 1.70 bits per heavy atom. The van der Waals surface area contributed by atoms with Crippen molar-refractivity contribution >= 4 is 11.7 Å². The Bertz CT molecular complexity index is 671. The number of halogens is 4. The van der Waals surface area contributed by atoms with E-state index in [1.807, 2.05) is 13.8 Å². The number of aromatic nitrogens is 3. The van der Waals surface area contributed by atoms with Gasteiger partial charge in [-0.15, -0.1) is 0 Å². The third-order valence-corrected chi connectivity index (χ3v) is 2.61. The number of nitrogens with one attached hydrogen (secondary N) is 1. The summed E-state index contributed by atoms with van der Waals surface area (Å²) in [5.74, 6) is -15.1. The second-order valence-corrected chi connectivity index (χ2v) is 4.08. The maximum Gasteiger partial charge on any atom is 0.411 e. The molecule has 2 rings (SSSR count). The summed E-state index contributed by atoms with van der Waals surface area (Å²) in [6.45, 7) is 4.00. The van der Waals surface area contributed by atoms with E-state index in [-0.39, 0.29) is 11.4 Å². The zero-order valence-electron chi connectivity index (χ0n) is 12.1. The van der Waals surface area contributed by atoms with E-state index in [0.29, 0.717) is 5.69 Å². The van der Waals surface area contributed by atoms with Gasteiger partial charge in [0.15, 0.2) is 5.82 Å². The SMILES string of the molecule is CC.Nc1ccc(-c2n[nH]c(C(F)(F)C(F)(F)C(=O)O)n2)cc1. The zero-order chi connectivity index (χ0) is 17.8. The van der Waals surface area contributed by atoms with Gasteiger partial charge in [-0.25, -0.2) is 9.78 Å². The van der Waals surface area contributed by atoms with Crippen LogP contribution in [0.4, 0.5) is 23.2 Å². The van der Waals surface area contributed by atoms with Crippen molar-refractivity contribution in [3.8, 4) is 11.4 Å². The molecular weight excluding hydrogens is 320 g/mol. The number of alkyl halides is 4. The van der Waals surface area contributed by atoms with Crippen LogP contribution < -0.4 is 5.73 Å². The lowest BCUT2D eigenvalue weighted by Gasteiger charge is -2.20. The standard InChI is InChI=1S/C11H8F4N4O2.C2H6/c12-10(13,11(14,15)9(20)21)8-17-7(18-19-8)5-1-3-6(16)4-2-5;1-2/h1-4H,16H2,(H,20,21)(H,17,18,19);1-2H3. The fourth-order valence-electron chi connectivity index (χ4n) is 1.45. The lowest BCUT2D eigenvalue weighted by molar-refractivity contribution is -0.231. The van der Waals surface area contributed by atoms with Crippen LogP contribution in [0.2, 0.25) is 0 Å². The normalized spacial score (nSPS) is 11.6. The molecule has 126 valence electrons. The van der Waals surface area contributed by atoms with Gasteiger partial charge in [-0.05, 0) is 24.3 Å². The Labute approximate surface area is 128 Å². The monoisotopic (exact) mass is 334 g/mol. The summed E-state index contributed by atoms with van der Waals surface area (Å²) in [6.07, 6.45) is 0. The number of carboxylic acids is 1. The van der Waals surface area contributed by atoms with Crippen LogP contribution in [0.5, 0.6) is 0 Å². The molecule has 0 aliphatic rings. The summed E-state index contributed by atoms with van der Waals surface area (Å²) in [6, 6.07) is 5.68. The fourth-order valence-corrected chi connectivity index (χ4v) is 1.45. The Kier molecular flexibility index (Phi) is 5.30. The molecule has 23 heavy (non-hydrogen) atoms. The topological polar surface area (TPSA) is 105 Å². The van der Waals surface area contributed by atoms with Crippen LogP contribution in [-0.2, 0) is 10.7 Å². The third kappa shape index (κ3) is 3.41. The van der Waals surface area contributed by atoms with Crippen LogP contribution in [-0.4, -0.2) is 32.2 Å². The van der Waals surface area contributed by atoms with Crippen molar-refractivity contribution < 1.29 is 27.5 Å². The van der Waals surface area contributed by atoms with Crippen LogP contribution in [0.15, 0.2) is 24.3 Å². The molecule has 0 spiro atoms. The number of H-pyrrole nitrogens is 1. The van der Waals surface area contributed by atoms with Crippen LogP contribution in [0.1, 0.15) is 19.7 Å². The molecule has 0 aliphatic carbocycles. The van der Waals surface area contributed by atoms with Crippen molar-refractivity contribution in [1.82, 2.24) is 15.2 Å². The van der Waals surface area contributed by atoms with Crippen molar-refractivity contribution in [2.75, 3.05) is 5.73 Å². The lowest BCUT2D eigenvalue weighted by atomic mass is 10.1. The summed E-state index contributed by atoms with van der Waals surface area (Å²) in [4.78, 5) is 13.5. The average Bonchev–Trinajstić information content (AvgIpc) is 3.00. The second kappa shape index (κ2) is 6.63. The van der Waals surface area contributed by atoms with Gasteiger partial charge >= 0.3 is 17.8 Å². The quantitative estimate of drug-likeness (QED) is 0.589. The number of nitrogen functional groups attached to an aromatic ring is 1. The van der Waals surface area contributed by atoms with Crippen molar-refractivity contribution in [2.24, 2.45) is 0 Å². The van der Waals surface area contributed by atoms with Crippen molar-refractivity contribution in [2.45, 2.75) is 25.7 Å². The molecular formula is C13H14F4N4O2. The van der Waals surface area contributed by atoms with E-state index < -0.39 is 23.6 Å². The number of aromatic amines is 1. The lowest BCUT2D eigenvalue weighted by Crippen LogP contribution is -2.45. The van der Waals surface area contributed by atoms with Crippen LogP contribution in [0.25, 0.3) is 11.4 Å². The van der Waals surface area contributed by atoms with E-state index >= 15 is 0 Å². The number of benzene rings is 1. The van der Waals surface area contributed by atoms with Crippen LogP contribution in [0.3, 0.4) is 0 Å². The van der Waals surface area contributed by atoms with Gasteiger partial charge in [-0.2, -0.15) is 22.7 Å². The molecule has 2 aromatic rings. The zero-order valence-corrected chi connectivity index (χ0v) is 12.1. The van der Waals surface area contributed by atoms with Crippen LogP contribution >= 0.6 is 0 Å². The molecule has 6 nitrogen and oxygen atoms in total. The molecule has 0 bridgehead atoms. The molecule has 4 N–H and O–H groups in total. The van der Waals surface area contributed by atoms with Crippen molar-refractivity contribution in [3.05, 3.63) is 30.1 Å². The Morgan fingerprint density at radius 3 is 2.17 bits per heavy atom. The van der Waals surface area contributed by atoms with Gasteiger partial charge in [-0.1, -0.05) is 13.8 Å². The van der Waals surface area contributed by atoms with Gasteiger partial charge in [0.05, 0.1) is 0 Å². The molecule has 0 amide bonds. The number of aliphatic carboxylic acids is 1. The molecule has 0 atom stereocenters. The number of carbonyl (C=O) groups is 1. The van der Waals surface area contributed by atoms with E-state index in [1.54, 1.807) is 5.10 Å². The molecule has 0 aliphatic heterocycles. The summed E-state index contributed by atoms with van der Waals surface area (Å²) >= 11 is 0. The first-order valence-corrected chi connectivity index (χ1v) is 6.44. The number of anilines is 1. The first-order valence-electron chi connectivity index (χ1n) is 6.44. The maximum atomic E-state index is 13.5. The van der Waals surface area contributed by atoms with E-state index in [1.165, 1.54) is 24.3 Å². The molecule has 10 heteroatoms. The minimum atomic E-state index is -5.31. The summed E-state index contributed by atoms with van der Waals surface area (Å²) in [5, 5.41) is 13.2. The van der Waals surface area contributed by atoms with E-state index in [4.69, 9.17) is 10.8 Å². The van der Waals surface area contributed by atoms with Gasteiger partial charge in [0.2, 0.25) is 5.82 Å². The van der Waals surface area contributed by atoms with Crippen LogP contribution in [0, 0.1) is 0 Å². The van der Waals surface area contributed by atoms with E-state index in [9.17, 15) is 22.4 Å². The van der Waals surface area contributed by atoms with Gasteiger partial charge < -0.3 is 10.8 Å². The predicted molar refractivity (Wildman–Crippen MR) is 74.1 cm³/mol. The number of nitrogens with two attached hydrogens (primary N) is 1. The molecule has 1 heterocycles. The van der Waals surface area contributed by atoms with Gasteiger partial charge in [-0.3, -0.25) is 5.10 Å². The Hall–Kier alpha value is -2.65. The van der Waals surface area contributed by atoms with E-state index in [2.05, 4.69) is 10.1 Å². The molecule has 0 saturated heterocycles. The molecule has 0 saturated carbocycles. The average molecular weight is 334 g/mol. The second-order valence-electron chi connectivity index (χ2n) is 4.08. The predicted octanol–water partition coefficient (Wildman–Crippen LogP) is 2.89. The smallest absolute Gasteiger partial charge is 0.411 e. The number of hydrogen-bond donors (Lipinski definition) is 3. The van der Waals surface area contributed by atoms with E-state index in [0.717, 1.165) is 0 Å². The highest BCUT2D eigenvalue weighted by atomic mass is 19.3. The number of rotatable bonds is 4. The molecule has 0 unspecified atom stereocenters.